The Morgan fingerprint density at radius 2 is 2.06 bits per heavy atom. The zero-order chi connectivity index (χ0) is 13.8. The number of hydrogen-bond acceptors (Lipinski definition) is 4. The molecule has 1 heterocycles. The summed E-state index contributed by atoms with van der Waals surface area (Å²) < 4.78 is 26.5. The molecule has 0 amide bonds. The first kappa shape index (κ1) is 14.9. The van der Waals surface area contributed by atoms with Crippen LogP contribution < -0.4 is 5.32 Å². The number of rotatable bonds is 6. The van der Waals surface area contributed by atoms with Gasteiger partial charge in [0, 0.05) is 25.3 Å². The van der Waals surface area contributed by atoms with E-state index >= 15 is 0 Å². The van der Waals surface area contributed by atoms with Gasteiger partial charge in [0.2, 0.25) is 0 Å². The van der Waals surface area contributed by atoms with Crippen molar-refractivity contribution in [1.82, 2.24) is 9.29 Å². The minimum absolute atomic E-state index is 0.0866. The quantitative estimate of drug-likeness (QED) is 0.859. The highest BCUT2D eigenvalue weighted by atomic mass is 32.2. The van der Waals surface area contributed by atoms with Crippen molar-refractivity contribution < 1.29 is 8.42 Å². The minimum atomic E-state index is -3.54. The second-order valence-electron chi connectivity index (χ2n) is 4.19. The highest BCUT2D eigenvalue weighted by Crippen LogP contribution is 2.23. The molecule has 0 bridgehead atoms. The molecule has 0 spiro atoms. The lowest BCUT2D eigenvalue weighted by molar-refractivity contribution is 0.368. The molecule has 6 heteroatoms. The molecule has 0 atom stereocenters. The maximum atomic E-state index is 12.5. The number of nitrogens with zero attached hydrogens (tertiary/aromatic N) is 2. The number of aromatic nitrogens is 1. The third-order valence-electron chi connectivity index (χ3n) is 2.58. The molecule has 18 heavy (non-hydrogen) atoms. The summed E-state index contributed by atoms with van der Waals surface area (Å²) in [5.41, 5.74) is 0.555. The standard InChI is InChI=1S/C12H21N3O2S/c1-5-13-11-8-7-9-14-12(11)18(16,17)15(6-2)10(3)4/h7-10,13H,5-6H2,1-4H3. The Kier molecular flexibility index (Phi) is 5.10. The van der Waals surface area contributed by atoms with Crippen LogP contribution in [0.25, 0.3) is 0 Å². The maximum absolute atomic E-state index is 12.5. The summed E-state index contributed by atoms with van der Waals surface area (Å²) in [4.78, 5) is 4.03. The van der Waals surface area contributed by atoms with Crippen molar-refractivity contribution in [3.8, 4) is 0 Å². The highest BCUT2D eigenvalue weighted by molar-refractivity contribution is 7.89. The largest absolute Gasteiger partial charge is 0.383 e. The predicted molar refractivity (Wildman–Crippen MR) is 73.1 cm³/mol. The van der Waals surface area contributed by atoms with E-state index in [1.54, 1.807) is 12.1 Å². The van der Waals surface area contributed by atoms with Crippen LogP contribution in [0.4, 0.5) is 5.69 Å². The summed E-state index contributed by atoms with van der Waals surface area (Å²) in [5.74, 6) is 0. The number of sulfonamides is 1. The second kappa shape index (κ2) is 6.15. The van der Waals surface area contributed by atoms with Gasteiger partial charge >= 0.3 is 0 Å². The van der Waals surface area contributed by atoms with Crippen molar-refractivity contribution in [2.45, 2.75) is 38.8 Å². The molecule has 0 unspecified atom stereocenters. The van der Waals surface area contributed by atoms with Crippen molar-refractivity contribution >= 4 is 15.7 Å². The Hall–Kier alpha value is -1.14. The van der Waals surface area contributed by atoms with Crippen LogP contribution in [0.2, 0.25) is 0 Å². The van der Waals surface area contributed by atoms with Gasteiger partial charge in [0.1, 0.15) is 0 Å². The van der Waals surface area contributed by atoms with Gasteiger partial charge in [-0.25, -0.2) is 13.4 Å². The topological polar surface area (TPSA) is 62.3 Å². The molecular formula is C12H21N3O2S. The van der Waals surface area contributed by atoms with Crippen molar-refractivity contribution in [3.63, 3.8) is 0 Å². The van der Waals surface area contributed by atoms with Crippen LogP contribution in [-0.4, -0.2) is 36.8 Å². The van der Waals surface area contributed by atoms with E-state index in [0.717, 1.165) is 0 Å². The lowest BCUT2D eigenvalue weighted by Gasteiger charge is -2.24. The average molecular weight is 271 g/mol. The third-order valence-corrected chi connectivity index (χ3v) is 4.69. The molecule has 0 aliphatic heterocycles. The minimum Gasteiger partial charge on any atom is -0.383 e. The molecule has 1 rings (SSSR count). The van der Waals surface area contributed by atoms with E-state index in [0.29, 0.717) is 18.8 Å². The number of nitrogens with one attached hydrogen (secondary N) is 1. The van der Waals surface area contributed by atoms with Crippen LogP contribution in [0.1, 0.15) is 27.7 Å². The van der Waals surface area contributed by atoms with E-state index in [-0.39, 0.29) is 11.1 Å². The van der Waals surface area contributed by atoms with Crippen LogP contribution >= 0.6 is 0 Å². The molecule has 5 nitrogen and oxygen atoms in total. The van der Waals surface area contributed by atoms with Crippen molar-refractivity contribution in [2.75, 3.05) is 18.4 Å². The summed E-state index contributed by atoms with van der Waals surface area (Å²) in [7, 11) is -3.54. The highest BCUT2D eigenvalue weighted by Gasteiger charge is 2.28. The first-order valence-corrected chi connectivity index (χ1v) is 7.59. The van der Waals surface area contributed by atoms with Crippen molar-refractivity contribution in [1.29, 1.82) is 0 Å². The van der Waals surface area contributed by atoms with Crippen LogP contribution in [0.15, 0.2) is 23.4 Å². The molecule has 1 aromatic heterocycles. The fraction of sp³-hybridized carbons (Fsp3) is 0.583. The van der Waals surface area contributed by atoms with Gasteiger partial charge in [0.25, 0.3) is 10.0 Å². The molecule has 1 aromatic rings. The Labute approximate surface area is 109 Å². The Morgan fingerprint density at radius 1 is 1.39 bits per heavy atom. The van der Waals surface area contributed by atoms with Gasteiger partial charge < -0.3 is 5.32 Å². The van der Waals surface area contributed by atoms with Gasteiger partial charge in [-0.15, -0.1) is 0 Å². The predicted octanol–water partition coefficient (Wildman–Crippen LogP) is 1.93. The summed E-state index contributed by atoms with van der Waals surface area (Å²) in [6.07, 6.45) is 1.50. The molecular weight excluding hydrogens is 250 g/mol. The Bertz CT molecular complexity index is 486. The van der Waals surface area contributed by atoms with Gasteiger partial charge in [-0.1, -0.05) is 6.92 Å². The van der Waals surface area contributed by atoms with E-state index < -0.39 is 10.0 Å². The fourth-order valence-corrected chi connectivity index (χ4v) is 3.57. The summed E-state index contributed by atoms with van der Waals surface area (Å²) >= 11 is 0. The molecule has 0 aromatic carbocycles. The zero-order valence-electron chi connectivity index (χ0n) is 11.3. The molecule has 0 aliphatic rings. The summed E-state index contributed by atoms with van der Waals surface area (Å²) in [6.45, 7) is 8.55. The van der Waals surface area contributed by atoms with Gasteiger partial charge in [0.15, 0.2) is 5.03 Å². The second-order valence-corrected chi connectivity index (χ2v) is 5.99. The molecule has 0 aliphatic carbocycles. The normalized spacial score (nSPS) is 12.1. The van der Waals surface area contributed by atoms with Crippen molar-refractivity contribution in [2.24, 2.45) is 0 Å². The van der Waals surface area contributed by atoms with E-state index in [1.165, 1.54) is 10.5 Å². The Balaban J connectivity index is 3.27. The van der Waals surface area contributed by atoms with Crippen LogP contribution in [0, 0.1) is 0 Å². The average Bonchev–Trinajstić information content (AvgIpc) is 2.30. The van der Waals surface area contributed by atoms with Crippen molar-refractivity contribution in [3.05, 3.63) is 18.3 Å². The van der Waals surface area contributed by atoms with E-state index in [2.05, 4.69) is 10.3 Å². The van der Waals surface area contributed by atoms with E-state index in [4.69, 9.17) is 0 Å². The van der Waals surface area contributed by atoms with Gasteiger partial charge in [-0.05, 0) is 32.9 Å². The zero-order valence-corrected chi connectivity index (χ0v) is 12.2. The number of hydrogen-bond donors (Lipinski definition) is 1. The van der Waals surface area contributed by atoms with E-state index in [9.17, 15) is 8.42 Å². The Morgan fingerprint density at radius 3 is 2.56 bits per heavy atom. The molecule has 0 saturated carbocycles. The first-order valence-electron chi connectivity index (χ1n) is 6.15. The molecule has 0 radical (unpaired) electrons. The SMILES string of the molecule is CCNc1cccnc1S(=O)(=O)N(CC)C(C)C. The summed E-state index contributed by atoms with van der Waals surface area (Å²) in [6, 6.07) is 3.37. The van der Waals surface area contributed by atoms with Gasteiger partial charge in [0.05, 0.1) is 5.69 Å². The molecule has 0 fully saturated rings. The van der Waals surface area contributed by atoms with Gasteiger partial charge in [-0.2, -0.15) is 4.31 Å². The van der Waals surface area contributed by atoms with Gasteiger partial charge in [-0.3, -0.25) is 0 Å². The lowest BCUT2D eigenvalue weighted by atomic mass is 10.4. The van der Waals surface area contributed by atoms with Crippen LogP contribution in [0.3, 0.4) is 0 Å². The summed E-state index contributed by atoms with van der Waals surface area (Å²) in [5, 5.41) is 3.13. The third kappa shape index (κ3) is 3.00. The lowest BCUT2D eigenvalue weighted by Crippen LogP contribution is -2.37. The van der Waals surface area contributed by atoms with E-state index in [1.807, 2.05) is 27.7 Å². The number of anilines is 1. The molecule has 1 N–H and O–H groups in total. The first-order chi connectivity index (χ1) is 8.45. The maximum Gasteiger partial charge on any atom is 0.262 e. The van der Waals surface area contributed by atoms with Crippen LogP contribution in [0.5, 0.6) is 0 Å². The molecule has 0 saturated heterocycles. The van der Waals surface area contributed by atoms with Crippen LogP contribution in [-0.2, 0) is 10.0 Å². The monoisotopic (exact) mass is 271 g/mol. The number of pyridine rings is 1. The fourth-order valence-electron chi connectivity index (χ4n) is 1.85. The smallest absolute Gasteiger partial charge is 0.262 e. The molecule has 102 valence electrons.